The number of carbonyl (C=O) groups is 1. The lowest BCUT2D eigenvalue weighted by atomic mass is 9.96. The quantitative estimate of drug-likeness (QED) is 0.843. The molecule has 0 spiro atoms. The van der Waals surface area contributed by atoms with Crippen LogP contribution >= 0.6 is 0 Å². The summed E-state index contributed by atoms with van der Waals surface area (Å²) >= 11 is 0. The monoisotopic (exact) mass is 355 g/mol. The van der Waals surface area contributed by atoms with Gasteiger partial charge in [-0.15, -0.1) is 0 Å². The second-order valence-corrected chi connectivity index (χ2v) is 7.07. The van der Waals surface area contributed by atoms with Gasteiger partial charge in [0.15, 0.2) is 0 Å². The van der Waals surface area contributed by atoms with E-state index in [-0.39, 0.29) is 6.03 Å². The number of para-hydroxylation sites is 2. The molecular formula is C21H29N3O2. The number of ether oxygens (including phenoxy) is 1. The van der Waals surface area contributed by atoms with Crippen LogP contribution in [0.25, 0.3) is 5.69 Å². The summed E-state index contributed by atoms with van der Waals surface area (Å²) < 4.78 is 7.68. The van der Waals surface area contributed by atoms with Crippen LogP contribution < -0.4 is 15.4 Å². The van der Waals surface area contributed by atoms with Gasteiger partial charge in [-0.2, -0.15) is 0 Å². The number of hydrogen-bond donors (Lipinski definition) is 2. The van der Waals surface area contributed by atoms with E-state index in [1.165, 1.54) is 19.3 Å². The molecule has 5 heteroatoms. The summed E-state index contributed by atoms with van der Waals surface area (Å²) in [6, 6.07) is 10.4. The first-order valence-corrected chi connectivity index (χ1v) is 9.45. The van der Waals surface area contributed by atoms with Crippen molar-refractivity contribution in [2.45, 2.75) is 58.5 Å². The van der Waals surface area contributed by atoms with Gasteiger partial charge in [0, 0.05) is 24.0 Å². The number of urea groups is 1. The van der Waals surface area contributed by atoms with Crippen LogP contribution in [0.3, 0.4) is 0 Å². The molecule has 1 aliphatic rings. The number of benzene rings is 1. The molecule has 0 aliphatic heterocycles. The van der Waals surface area contributed by atoms with E-state index in [9.17, 15) is 4.79 Å². The zero-order valence-corrected chi connectivity index (χ0v) is 16.0. The Morgan fingerprint density at radius 2 is 1.92 bits per heavy atom. The molecule has 0 unspecified atom stereocenters. The minimum absolute atomic E-state index is 0.0704. The first kappa shape index (κ1) is 18.4. The topological polar surface area (TPSA) is 55.3 Å². The van der Waals surface area contributed by atoms with Gasteiger partial charge in [0.05, 0.1) is 12.8 Å². The number of hydrogen-bond acceptors (Lipinski definition) is 2. The maximum atomic E-state index is 12.2. The van der Waals surface area contributed by atoms with Gasteiger partial charge in [-0.3, -0.25) is 0 Å². The molecule has 0 bridgehead atoms. The molecule has 2 amide bonds. The van der Waals surface area contributed by atoms with Crippen LogP contribution in [0, 0.1) is 13.8 Å². The molecule has 1 aliphatic carbocycles. The molecule has 0 atom stereocenters. The van der Waals surface area contributed by atoms with Crippen molar-refractivity contribution in [1.82, 2.24) is 15.2 Å². The van der Waals surface area contributed by atoms with Gasteiger partial charge in [0.25, 0.3) is 0 Å². The van der Waals surface area contributed by atoms with Crippen LogP contribution in [-0.4, -0.2) is 23.7 Å². The summed E-state index contributed by atoms with van der Waals surface area (Å²) in [6.07, 6.45) is 5.90. The summed E-state index contributed by atoms with van der Waals surface area (Å²) in [5.74, 6) is 0.837. The Bertz CT molecular complexity index is 761. The van der Waals surface area contributed by atoms with Crippen molar-refractivity contribution in [2.24, 2.45) is 0 Å². The van der Waals surface area contributed by atoms with E-state index in [0.29, 0.717) is 12.6 Å². The highest BCUT2D eigenvalue weighted by molar-refractivity contribution is 5.74. The fourth-order valence-corrected chi connectivity index (χ4v) is 3.85. The van der Waals surface area contributed by atoms with Crippen LogP contribution in [0.1, 0.15) is 49.1 Å². The summed E-state index contributed by atoms with van der Waals surface area (Å²) in [5, 5.41) is 6.12. The van der Waals surface area contributed by atoms with Crippen LogP contribution in [0.5, 0.6) is 5.75 Å². The average molecular weight is 355 g/mol. The number of nitrogens with one attached hydrogen (secondary N) is 2. The van der Waals surface area contributed by atoms with Crippen LogP contribution in [0.2, 0.25) is 0 Å². The largest absolute Gasteiger partial charge is 0.495 e. The highest BCUT2D eigenvalue weighted by Crippen LogP contribution is 2.27. The first-order chi connectivity index (χ1) is 12.6. The predicted octanol–water partition coefficient (Wildman–Crippen LogP) is 4.23. The van der Waals surface area contributed by atoms with Gasteiger partial charge in [0.1, 0.15) is 5.75 Å². The number of carbonyl (C=O) groups excluding carboxylic acids is 1. The maximum Gasteiger partial charge on any atom is 0.315 e. The third-order valence-corrected chi connectivity index (χ3v) is 5.24. The molecule has 2 aromatic rings. The average Bonchev–Trinajstić information content (AvgIpc) is 2.94. The number of aryl methyl sites for hydroxylation is 1. The van der Waals surface area contributed by atoms with E-state index in [2.05, 4.69) is 35.1 Å². The maximum absolute atomic E-state index is 12.2. The SMILES string of the molecule is COc1ccccc1-n1c(C)cc(CNC(=O)NC2CCCCC2)c1C. The van der Waals surface area contributed by atoms with E-state index in [0.717, 1.165) is 41.2 Å². The number of amides is 2. The molecule has 26 heavy (non-hydrogen) atoms. The second kappa shape index (κ2) is 8.30. The summed E-state index contributed by atoms with van der Waals surface area (Å²) in [7, 11) is 1.69. The van der Waals surface area contributed by atoms with Crippen molar-refractivity contribution in [1.29, 1.82) is 0 Å². The molecule has 1 aromatic carbocycles. The second-order valence-electron chi connectivity index (χ2n) is 7.07. The Balaban J connectivity index is 1.69. The highest BCUT2D eigenvalue weighted by Gasteiger charge is 2.17. The highest BCUT2D eigenvalue weighted by atomic mass is 16.5. The zero-order valence-electron chi connectivity index (χ0n) is 16.0. The standard InChI is InChI=1S/C21H29N3O2/c1-15-13-17(14-22-21(25)23-18-9-5-4-6-10-18)16(2)24(15)19-11-7-8-12-20(19)26-3/h7-8,11-13,18H,4-6,9-10,14H2,1-3H3,(H2,22,23,25). The Morgan fingerprint density at radius 3 is 2.65 bits per heavy atom. The lowest BCUT2D eigenvalue weighted by Gasteiger charge is -2.22. The van der Waals surface area contributed by atoms with Crippen molar-refractivity contribution in [3.8, 4) is 11.4 Å². The summed E-state index contributed by atoms with van der Waals surface area (Å²) in [4.78, 5) is 12.2. The Hall–Kier alpha value is -2.43. The van der Waals surface area contributed by atoms with Crippen LogP contribution in [0.15, 0.2) is 30.3 Å². The number of aromatic nitrogens is 1. The molecular weight excluding hydrogens is 326 g/mol. The van der Waals surface area contributed by atoms with Crippen molar-refractivity contribution in [3.05, 3.63) is 47.3 Å². The van der Waals surface area contributed by atoms with Crippen molar-refractivity contribution in [3.63, 3.8) is 0 Å². The smallest absolute Gasteiger partial charge is 0.315 e. The van der Waals surface area contributed by atoms with E-state index >= 15 is 0 Å². The van der Waals surface area contributed by atoms with E-state index in [1.807, 2.05) is 24.3 Å². The molecule has 2 N–H and O–H groups in total. The molecule has 5 nitrogen and oxygen atoms in total. The minimum atomic E-state index is -0.0704. The van der Waals surface area contributed by atoms with E-state index in [1.54, 1.807) is 7.11 Å². The molecule has 0 saturated heterocycles. The number of nitrogens with zero attached hydrogens (tertiary/aromatic N) is 1. The van der Waals surface area contributed by atoms with Crippen molar-refractivity contribution >= 4 is 6.03 Å². The molecule has 0 radical (unpaired) electrons. The van der Waals surface area contributed by atoms with E-state index < -0.39 is 0 Å². The van der Waals surface area contributed by atoms with Crippen LogP contribution in [-0.2, 0) is 6.54 Å². The zero-order chi connectivity index (χ0) is 18.5. The van der Waals surface area contributed by atoms with Gasteiger partial charge in [-0.25, -0.2) is 4.79 Å². The van der Waals surface area contributed by atoms with Gasteiger partial charge in [-0.05, 0) is 50.5 Å². The summed E-state index contributed by atoms with van der Waals surface area (Å²) in [6.45, 7) is 4.67. The summed E-state index contributed by atoms with van der Waals surface area (Å²) in [5.41, 5.74) is 4.37. The third-order valence-electron chi connectivity index (χ3n) is 5.24. The third kappa shape index (κ3) is 4.03. The van der Waals surface area contributed by atoms with Crippen LogP contribution in [0.4, 0.5) is 4.79 Å². The Kier molecular flexibility index (Phi) is 5.86. The first-order valence-electron chi connectivity index (χ1n) is 9.45. The molecule has 1 aromatic heterocycles. The van der Waals surface area contributed by atoms with Crippen molar-refractivity contribution < 1.29 is 9.53 Å². The Labute approximate surface area is 155 Å². The lowest BCUT2D eigenvalue weighted by molar-refractivity contribution is 0.232. The normalized spacial score (nSPS) is 14.9. The molecule has 1 fully saturated rings. The fraction of sp³-hybridized carbons (Fsp3) is 0.476. The lowest BCUT2D eigenvalue weighted by Crippen LogP contribution is -2.42. The van der Waals surface area contributed by atoms with Gasteiger partial charge in [0.2, 0.25) is 0 Å². The molecule has 140 valence electrons. The molecule has 1 saturated carbocycles. The van der Waals surface area contributed by atoms with Gasteiger partial charge < -0.3 is 19.9 Å². The van der Waals surface area contributed by atoms with Crippen molar-refractivity contribution in [2.75, 3.05) is 7.11 Å². The molecule has 1 heterocycles. The number of methoxy groups -OCH3 is 1. The Morgan fingerprint density at radius 1 is 1.19 bits per heavy atom. The van der Waals surface area contributed by atoms with Gasteiger partial charge in [-0.1, -0.05) is 31.4 Å². The predicted molar refractivity (Wildman–Crippen MR) is 104 cm³/mol. The van der Waals surface area contributed by atoms with Gasteiger partial charge >= 0.3 is 6.03 Å². The number of rotatable bonds is 5. The fourth-order valence-electron chi connectivity index (χ4n) is 3.85. The minimum Gasteiger partial charge on any atom is -0.495 e. The van der Waals surface area contributed by atoms with E-state index in [4.69, 9.17) is 4.74 Å². The molecule has 3 rings (SSSR count).